The predicted octanol–water partition coefficient (Wildman–Crippen LogP) is 4.35. The lowest BCUT2D eigenvalue weighted by molar-refractivity contribution is 0.0967. The number of piperidine rings is 1. The van der Waals surface area contributed by atoms with E-state index in [9.17, 15) is 4.79 Å². The number of benzene rings is 1. The van der Waals surface area contributed by atoms with Crippen LogP contribution in [0.25, 0.3) is 27.9 Å². The van der Waals surface area contributed by atoms with E-state index >= 15 is 0 Å². The van der Waals surface area contributed by atoms with Crippen molar-refractivity contribution in [3.63, 3.8) is 0 Å². The second-order valence-corrected chi connectivity index (χ2v) is 9.10. The predicted molar refractivity (Wildman–Crippen MR) is 131 cm³/mol. The first-order chi connectivity index (χ1) is 16.2. The van der Waals surface area contributed by atoms with Gasteiger partial charge in [-0.05, 0) is 55.1 Å². The van der Waals surface area contributed by atoms with E-state index in [2.05, 4.69) is 20.3 Å². The fourth-order valence-electron chi connectivity index (χ4n) is 4.24. The molecule has 4 aromatic rings. The van der Waals surface area contributed by atoms with Gasteiger partial charge in [0.1, 0.15) is 12.4 Å². The quantitative estimate of drug-likeness (QED) is 0.443. The summed E-state index contributed by atoms with van der Waals surface area (Å²) in [5.74, 6) is 0.777. The number of rotatable bonds is 7. The van der Waals surface area contributed by atoms with Gasteiger partial charge in [-0.2, -0.15) is 5.10 Å². The molecule has 4 heterocycles. The third-order valence-corrected chi connectivity index (χ3v) is 6.97. The van der Waals surface area contributed by atoms with E-state index in [4.69, 9.17) is 4.74 Å². The molecule has 33 heavy (non-hydrogen) atoms. The Morgan fingerprint density at radius 3 is 2.67 bits per heavy atom. The summed E-state index contributed by atoms with van der Waals surface area (Å²) in [5.41, 5.74) is 4.43. The van der Waals surface area contributed by atoms with Crippen molar-refractivity contribution in [2.45, 2.75) is 19.3 Å². The normalized spacial score (nSPS) is 14.5. The van der Waals surface area contributed by atoms with Gasteiger partial charge in [-0.15, -0.1) is 11.3 Å². The van der Waals surface area contributed by atoms with Crippen LogP contribution in [0.15, 0.2) is 54.3 Å². The summed E-state index contributed by atoms with van der Waals surface area (Å²) in [6.45, 7) is 4.07. The lowest BCUT2D eigenvalue weighted by Crippen LogP contribution is -2.33. The monoisotopic (exact) mass is 461 g/mol. The summed E-state index contributed by atoms with van der Waals surface area (Å²) in [5, 5.41) is 9.09. The number of aromatic nitrogens is 3. The SMILES string of the molecule is CNC(=O)c1sccc1-c1cnn2cc(-c3ccc(OCCN4CCCCC4)cc3)cnc12. The van der Waals surface area contributed by atoms with E-state index in [1.165, 1.54) is 43.7 Å². The fraction of sp³-hybridized carbons (Fsp3) is 0.320. The van der Waals surface area contributed by atoms with Crippen molar-refractivity contribution >= 4 is 22.9 Å². The molecule has 0 atom stereocenters. The Hall–Kier alpha value is -3.23. The van der Waals surface area contributed by atoms with E-state index in [1.807, 2.05) is 48.1 Å². The first-order valence-electron chi connectivity index (χ1n) is 11.3. The van der Waals surface area contributed by atoms with Crippen LogP contribution in [0.1, 0.15) is 28.9 Å². The molecule has 170 valence electrons. The first kappa shape index (κ1) is 21.6. The number of likely N-dealkylation sites (tertiary alicyclic amines) is 1. The van der Waals surface area contributed by atoms with Crippen LogP contribution in [0.3, 0.4) is 0 Å². The molecule has 1 N–H and O–H groups in total. The molecule has 5 rings (SSSR count). The number of nitrogens with zero attached hydrogens (tertiary/aromatic N) is 4. The van der Waals surface area contributed by atoms with Crippen molar-refractivity contribution in [1.82, 2.24) is 24.8 Å². The second kappa shape index (κ2) is 9.72. The highest BCUT2D eigenvalue weighted by Gasteiger charge is 2.18. The van der Waals surface area contributed by atoms with Crippen LogP contribution < -0.4 is 10.1 Å². The molecule has 0 bridgehead atoms. The summed E-state index contributed by atoms with van der Waals surface area (Å²) >= 11 is 1.41. The molecule has 0 spiro atoms. The Kier molecular flexibility index (Phi) is 6.37. The van der Waals surface area contributed by atoms with Crippen molar-refractivity contribution in [3.05, 3.63) is 59.2 Å². The number of ether oxygens (including phenoxy) is 1. The van der Waals surface area contributed by atoms with Crippen LogP contribution in [-0.2, 0) is 0 Å². The van der Waals surface area contributed by atoms with Gasteiger partial charge in [0, 0.05) is 42.7 Å². The van der Waals surface area contributed by atoms with Crippen molar-refractivity contribution in [1.29, 1.82) is 0 Å². The fourth-order valence-corrected chi connectivity index (χ4v) is 5.10. The van der Waals surface area contributed by atoms with Crippen molar-refractivity contribution in [2.75, 3.05) is 33.3 Å². The first-order valence-corrected chi connectivity index (χ1v) is 12.2. The van der Waals surface area contributed by atoms with E-state index in [1.54, 1.807) is 17.8 Å². The van der Waals surface area contributed by atoms with E-state index < -0.39 is 0 Å². The summed E-state index contributed by atoms with van der Waals surface area (Å²) < 4.78 is 7.71. The van der Waals surface area contributed by atoms with Crippen LogP contribution >= 0.6 is 11.3 Å². The van der Waals surface area contributed by atoms with Gasteiger partial charge in [0.25, 0.3) is 5.91 Å². The lowest BCUT2D eigenvalue weighted by atomic mass is 10.1. The van der Waals surface area contributed by atoms with Crippen LogP contribution in [0.4, 0.5) is 0 Å². The Morgan fingerprint density at radius 1 is 1.06 bits per heavy atom. The topological polar surface area (TPSA) is 71.8 Å². The maximum absolute atomic E-state index is 12.2. The van der Waals surface area contributed by atoms with E-state index in [0.717, 1.165) is 40.2 Å². The lowest BCUT2D eigenvalue weighted by Gasteiger charge is -2.26. The van der Waals surface area contributed by atoms with Crippen molar-refractivity contribution in [3.8, 4) is 28.0 Å². The number of thiophene rings is 1. The van der Waals surface area contributed by atoms with Gasteiger partial charge in [0.05, 0.1) is 11.1 Å². The van der Waals surface area contributed by atoms with Crippen LogP contribution in [0.2, 0.25) is 0 Å². The van der Waals surface area contributed by atoms with Gasteiger partial charge < -0.3 is 10.1 Å². The summed E-state index contributed by atoms with van der Waals surface area (Å²) in [7, 11) is 1.64. The number of amides is 1. The highest BCUT2D eigenvalue weighted by Crippen LogP contribution is 2.31. The highest BCUT2D eigenvalue weighted by atomic mass is 32.1. The molecule has 1 amide bonds. The molecule has 0 unspecified atom stereocenters. The highest BCUT2D eigenvalue weighted by molar-refractivity contribution is 7.12. The molecule has 0 radical (unpaired) electrons. The van der Waals surface area contributed by atoms with Crippen molar-refractivity contribution in [2.24, 2.45) is 0 Å². The number of hydrogen-bond donors (Lipinski definition) is 1. The van der Waals surface area contributed by atoms with Crippen LogP contribution in [0, 0.1) is 0 Å². The third kappa shape index (κ3) is 4.62. The van der Waals surface area contributed by atoms with Gasteiger partial charge in [0.15, 0.2) is 5.65 Å². The summed E-state index contributed by atoms with van der Waals surface area (Å²) in [6.07, 6.45) is 9.52. The third-order valence-electron chi connectivity index (χ3n) is 6.06. The zero-order valence-corrected chi connectivity index (χ0v) is 19.5. The smallest absolute Gasteiger partial charge is 0.261 e. The minimum Gasteiger partial charge on any atom is -0.492 e. The Bertz CT molecular complexity index is 1240. The average Bonchev–Trinajstić information content (AvgIpc) is 3.51. The molecule has 1 fully saturated rings. The summed E-state index contributed by atoms with van der Waals surface area (Å²) in [4.78, 5) is 20.0. The van der Waals surface area contributed by atoms with E-state index in [-0.39, 0.29) is 5.91 Å². The van der Waals surface area contributed by atoms with Gasteiger partial charge in [-0.3, -0.25) is 9.69 Å². The minimum atomic E-state index is -0.103. The molecule has 1 aliphatic heterocycles. The molecule has 7 nitrogen and oxygen atoms in total. The van der Waals surface area contributed by atoms with Crippen molar-refractivity contribution < 1.29 is 9.53 Å². The Morgan fingerprint density at radius 2 is 1.88 bits per heavy atom. The number of fused-ring (bicyclic) bond motifs is 1. The average molecular weight is 462 g/mol. The summed E-state index contributed by atoms with van der Waals surface area (Å²) in [6, 6.07) is 10.0. The molecule has 1 aromatic carbocycles. The maximum Gasteiger partial charge on any atom is 0.261 e. The Balaban J connectivity index is 1.29. The minimum absolute atomic E-state index is 0.103. The molecular weight excluding hydrogens is 434 g/mol. The number of carbonyl (C=O) groups is 1. The number of nitrogens with one attached hydrogen (secondary N) is 1. The zero-order valence-electron chi connectivity index (χ0n) is 18.7. The van der Waals surface area contributed by atoms with Gasteiger partial charge >= 0.3 is 0 Å². The molecule has 8 heteroatoms. The van der Waals surface area contributed by atoms with Crippen LogP contribution in [-0.4, -0.2) is 58.7 Å². The number of hydrogen-bond acceptors (Lipinski definition) is 6. The maximum atomic E-state index is 12.2. The molecular formula is C25H27N5O2S. The van der Waals surface area contributed by atoms with Gasteiger partial charge in [-0.1, -0.05) is 18.6 Å². The number of carbonyl (C=O) groups excluding carboxylic acids is 1. The standard InChI is InChI=1S/C25H27N5O2S/c1-26-25(31)23-21(9-14-33-23)22-16-28-30-17-19(15-27-24(22)30)18-5-7-20(8-6-18)32-13-12-29-10-3-2-4-11-29/h5-9,14-17H,2-4,10-13H2,1H3,(H,26,31). The molecule has 1 aliphatic rings. The molecule has 1 saturated heterocycles. The zero-order chi connectivity index (χ0) is 22.6. The van der Waals surface area contributed by atoms with Gasteiger partial charge in [0.2, 0.25) is 0 Å². The Labute approximate surface area is 197 Å². The molecule has 0 aliphatic carbocycles. The second-order valence-electron chi connectivity index (χ2n) is 8.19. The van der Waals surface area contributed by atoms with Crippen LogP contribution in [0.5, 0.6) is 5.75 Å². The van der Waals surface area contributed by atoms with E-state index in [0.29, 0.717) is 11.5 Å². The largest absolute Gasteiger partial charge is 0.492 e. The molecule has 3 aromatic heterocycles. The molecule has 0 saturated carbocycles. The van der Waals surface area contributed by atoms with Gasteiger partial charge in [-0.25, -0.2) is 9.50 Å².